The Morgan fingerprint density at radius 3 is 1.81 bits per heavy atom. The first-order valence-corrected chi connectivity index (χ1v) is 9.56. The number of para-hydroxylation sites is 1. The number of ether oxygens (including phenoxy) is 2. The Balaban J connectivity index is 1.82. The summed E-state index contributed by atoms with van der Waals surface area (Å²) in [5.74, 6) is 5.51. The van der Waals surface area contributed by atoms with Crippen molar-refractivity contribution in [3.05, 3.63) is 72.8 Å². The molecular weight excluding hydrogens is 390 g/mol. The summed E-state index contributed by atoms with van der Waals surface area (Å²) in [6, 6.07) is 21.7. The molecule has 0 aliphatic carbocycles. The molecule has 0 unspecified atom stereocenters. The molecule has 4 aromatic rings. The van der Waals surface area contributed by atoms with Crippen LogP contribution in [0, 0.1) is 12.0 Å². The summed E-state index contributed by atoms with van der Waals surface area (Å²) in [5.41, 5.74) is 2.11. The highest BCUT2D eigenvalue weighted by molar-refractivity contribution is 5.69. The van der Waals surface area contributed by atoms with Crippen LogP contribution in [0.25, 0.3) is 34.2 Å². The van der Waals surface area contributed by atoms with Crippen LogP contribution in [0.5, 0.6) is 17.2 Å². The minimum absolute atomic E-state index is 0.0993. The molecule has 31 heavy (non-hydrogen) atoms. The van der Waals surface area contributed by atoms with Crippen molar-refractivity contribution in [3.63, 3.8) is 0 Å². The van der Waals surface area contributed by atoms with Crippen molar-refractivity contribution in [2.75, 3.05) is 7.11 Å². The van der Waals surface area contributed by atoms with Crippen LogP contribution in [0.15, 0.2) is 72.8 Å². The zero-order chi connectivity index (χ0) is 21.6. The third-order valence-electron chi connectivity index (χ3n) is 4.51. The number of hydrogen-bond acceptors (Lipinski definition) is 6. The molecule has 0 aliphatic rings. The number of phenolic OH excluding ortho intramolecular Hbond substituents is 1. The summed E-state index contributed by atoms with van der Waals surface area (Å²) < 4.78 is 10.5. The first kappa shape index (κ1) is 19.9. The van der Waals surface area contributed by atoms with Crippen LogP contribution in [0.4, 0.5) is 0 Å². The van der Waals surface area contributed by atoms with Crippen molar-refractivity contribution < 1.29 is 14.6 Å². The monoisotopic (exact) mass is 409 g/mol. The van der Waals surface area contributed by atoms with Crippen LogP contribution in [0.2, 0.25) is 0 Å². The Kier molecular flexibility index (Phi) is 5.77. The second-order valence-electron chi connectivity index (χ2n) is 6.53. The maximum absolute atomic E-state index is 10.3. The van der Waals surface area contributed by atoms with Gasteiger partial charge in [-0.3, -0.25) is 0 Å². The van der Waals surface area contributed by atoms with Gasteiger partial charge in [-0.05, 0) is 60.7 Å². The van der Waals surface area contributed by atoms with Gasteiger partial charge in [0, 0.05) is 18.1 Å². The maximum Gasteiger partial charge on any atom is 0.167 e. The Morgan fingerprint density at radius 1 is 0.710 bits per heavy atom. The van der Waals surface area contributed by atoms with Gasteiger partial charge in [-0.25, -0.2) is 15.0 Å². The highest BCUT2D eigenvalue weighted by Crippen LogP contribution is 2.30. The average molecular weight is 409 g/mol. The summed E-state index contributed by atoms with van der Waals surface area (Å²) in [4.78, 5) is 13.9. The molecule has 0 bridgehead atoms. The lowest BCUT2D eigenvalue weighted by atomic mass is 10.1. The van der Waals surface area contributed by atoms with Gasteiger partial charge in [-0.15, -0.1) is 0 Å². The molecule has 152 valence electrons. The van der Waals surface area contributed by atoms with E-state index >= 15 is 0 Å². The molecule has 0 fully saturated rings. The van der Waals surface area contributed by atoms with Gasteiger partial charge in [0.05, 0.1) is 12.7 Å². The normalized spacial score (nSPS) is 10.1. The Morgan fingerprint density at radius 2 is 1.26 bits per heavy atom. The Hall–Kier alpha value is -4.37. The Bertz CT molecular complexity index is 1260. The number of nitrogens with zero attached hydrogens (tertiary/aromatic N) is 3. The van der Waals surface area contributed by atoms with Crippen molar-refractivity contribution in [2.45, 2.75) is 6.92 Å². The van der Waals surface area contributed by atoms with E-state index in [0.717, 1.165) is 16.9 Å². The molecule has 1 N–H and O–H groups in total. The molecule has 0 amide bonds. The molecule has 0 saturated heterocycles. The second kappa shape index (κ2) is 8.97. The van der Waals surface area contributed by atoms with Gasteiger partial charge < -0.3 is 14.6 Å². The fourth-order valence-electron chi connectivity index (χ4n) is 2.94. The highest BCUT2D eigenvalue weighted by Gasteiger charge is 2.14. The lowest BCUT2D eigenvalue weighted by Crippen LogP contribution is -2.00. The number of phenols is 1. The standard InChI is InChI=1S/C25H19N3O3/c1-3-16-31-20-14-10-18(11-15-20)24-26-23(17-8-12-19(30-2)13-9-17)27-25(28-24)21-6-4-5-7-22(21)29/h4-15,29H,1-2H3. The SMILES string of the molecule is CC#COc1ccc(-c2nc(-c3ccc(OC)cc3)nc(-c3ccccc3O)n2)cc1. The predicted octanol–water partition coefficient (Wildman–Crippen LogP) is 4.95. The van der Waals surface area contributed by atoms with E-state index in [9.17, 15) is 5.11 Å². The molecule has 6 heteroatoms. The summed E-state index contributed by atoms with van der Waals surface area (Å²) in [7, 11) is 1.62. The molecule has 1 heterocycles. The van der Waals surface area contributed by atoms with Gasteiger partial charge in [-0.2, -0.15) is 0 Å². The first-order valence-electron chi connectivity index (χ1n) is 9.56. The summed E-state index contributed by atoms with van der Waals surface area (Å²) in [5, 5.41) is 10.3. The summed E-state index contributed by atoms with van der Waals surface area (Å²) in [6.07, 6.45) is 2.57. The van der Waals surface area contributed by atoms with Crippen LogP contribution in [-0.2, 0) is 0 Å². The van der Waals surface area contributed by atoms with E-state index in [1.165, 1.54) is 0 Å². The van der Waals surface area contributed by atoms with Crippen molar-refractivity contribution in [1.82, 2.24) is 15.0 Å². The first-order chi connectivity index (χ1) is 15.2. The smallest absolute Gasteiger partial charge is 0.167 e. The van der Waals surface area contributed by atoms with Gasteiger partial charge in [0.2, 0.25) is 0 Å². The number of aromatic nitrogens is 3. The van der Waals surface area contributed by atoms with E-state index in [4.69, 9.17) is 9.47 Å². The van der Waals surface area contributed by atoms with E-state index in [1.54, 1.807) is 44.4 Å². The minimum atomic E-state index is 0.0993. The van der Waals surface area contributed by atoms with Gasteiger partial charge in [0.1, 0.15) is 23.4 Å². The van der Waals surface area contributed by atoms with Gasteiger partial charge in [0.15, 0.2) is 17.5 Å². The van der Waals surface area contributed by atoms with Crippen molar-refractivity contribution >= 4 is 0 Å². The third-order valence-corrected chi connectivity index (χ3v) is 4.51. The molecule has 3 aromatic carbocycles. The fraction of sp³-hybridized carbons (Fsp3) is 0.0800. The molecule has 4 rings (SSSR count). The number of benzene rings is 3. The quantitative estimate of drug-likeness (QED) is 0.470. The van der Waals surface area contributed by atoms with E-state index in [0.29, 0.717) is 28.8 Å². The summed E-state index contributed by atoms with van der Waals surface area (Å²) in [6.45, 7) is 1.71. The highest BCUT2D eigenvalue weighted by atomic mass is 16.5. The van der Waals surface area contributed by atoms with Crippen LogP contribution in [0.3, 0.4) is 0 Å². The lowest BCUT2D eigenvalue weighted by molar-refractivity contribution is 0.415. The van der Waals surface area contributed by atoms with Crippen LogP contribution >= 0.6 is 0 Å². The number of methoxy groups -OCH3 is 1. The van der Waals surface area contributed by atoms with Gasteiger partial charge >= 0.3 is 0 Å². The predicted molar refractivity (Wildman–Crippen MR) is 118 cm³/mol. The third kappa shape index (κ3) is 4.46. The number of hydrogen-bond donors (Lipinski definition) is 1. The van der Waals surface area contributed by atoms with Gasteiger partial charge in [-0.1, -0.05) is 18.1 Å². The van der Waals surface area contributed by atoms with Crippen LogP contribution < -0.4 is 9.47 Å². The molecule has 0 spiro atoms. The van der Waals surface area contributed by atoms with E-state index < -0.39 is 0 Å². The minimum Gasteiger partial charge on any atom is -0.507 e. The molecule has 0 aliphatic heterocycles. The lowest BCUT2D eigenvalue weighted by Gasteiger charge is -2.10. The molecule has 0 radical (unpaired) electrons. The number of rotatable bonds is 5. The maximum atomic E-state index is 10.3. The van der Waals surface area contributed by atoms with Crippen molar-refractivity contribution in [2.24, 2.45) is 0 Å². The summed E-state index contributed by atoms with van der Waals surface area (Å²) >= 11 is 0. The second-order valence-corrected chi connectivity index (χ2v) is 6.53. The zero-order valence-electron chi connectivity index (χ0n) is 17.0. The van der Waals surface area contributed by atoms with Crippen molar-refractivity contribution in [3.8, 4) is 63.4 Å². The average Bonchev–Trinajstić information content (AvgIpc) is 2.83. The van der Waals surface area contributed by atoms with Gasteiger partial charge in [0.25, 0.3) is 0 Å². The van der Waals surface area contributed by atoms with E-state index in [-0.39, 0.29) is 5.75 Å². The Labute approximate surface area is 180 Å². The van der Waals surface area contributed by atoms with Crippen molar-refractivity contribution in [1.29, 1.82) is 0 Å². The molecule has 0 saturated carbocycles. The fourth-order valence-corrected chi connectivity index (χ4v) is 2.94. The number of aromatic hydroxyl groups is 1. The van der Waals surface area contributed by atoms with E-state index in [2.05, 4.69) is 27.0 Å². The van der Waals surface area contributed by atoms with Crippen LogP contribution in [0.1, 0.15) is 6.92 Å². The topological polar surface area (TPSA) is 77.4 Å². The largest absolute Gasteiger partial charge is 0.507 e. The molecule has 6 nitrogen and oxygen atoms in total. The molecular formula is C25H19N3O3. The van der Waals surface area contributed by atoms with E-state index in [1.807, 2.05) is 42.5 Å². The molecule has 0 atom stereocenters. The van der Waals surface area contributed by atoms with Crippen LogP contribution in [-0.4, -0.2) is 27.2 Å². The zero-order valence-corrected chi connectivity index (χ0v) is 17.0. The molecule has 1 aromatic heterocycles.